The molecule has 2 saturated heterocycles. The van der Waals surface area contributed by atoms with Crippen molar-refractivity contribution in [3.8, 4) is 0 Å². The lowest BCUT2D eigenvalue weighted by Gasteiger charge is -2.42. The van der Waals surface area contributed by atoms with E-state index >= 15 is 0 Å². The molecule has 0 atom stereocenters. The number of likely N-dealkylation sites (tertiary alicyclic amines) is 1. The van der Waals surface area contributed by atoms with Crippen LogP contribution in [0.3, 0.4) is 0 Å². The number of hydrogen-bond acceptors (Lipinski definition) is 5. The maximum atomic E-state index is 8.59. The number of hydrogen-bond donors (Lipinski definition) is 4. The third-order valence-corrected chi connectivity index (χ3v) is 9.28. The van der Waals surface area contributed by atoms with Crippen molar-refractivity contribution in [2.75, 3.05) is 42.9 Å². The summed E-state index contributed by atoms with van der Waals surface area (Å²) in [4.78, 5) is 5.20. The van der Waals surface area contributed by atoms with Gasteiger partial charge in [0.2, 0.25) is 0 Å². The second kappa shape index (κ2) is 13.9. The number of benzene rings is 3. The van der Waals surface area contributed by atoms with E-state index in [0.717, 1.165) is 42.2 Å². The second-order valence-electron chi connectivity index (χ2n) is 12.1. The van der Waals surface area contributed by atoms with Crippen LogP contribution in [0, 0.1) is 30.6 Å². The molecular formula is C37H46N6. The highest BCUT2D eigenvalue weighted by atomic mass is 15.2. The monoisotopic (exact) mass is 574 g/mol. The maximum Gasteiger partial charge on any atom is 0.123 e. The average Bonchev–Trinajstić information content (AvgIpc) is 3.03. The molecule has 224 valence electrons. The molecule has 2 aliphatic heterocycles. The summed E-state index contributed by atoms with van der Waals surface area (Å²) in [5, 5.41) is 20.4. The largest absolute Gasteiger partial charge is 0.385 e. The van der Waals surface area contributed by atoms with Gasteiger partial charge >= 0.3 is 0 Å². The Morgan fingerprint density at radius 3 is 2.26 bits per heavy atom. The number of nitrogens with two attached hydrogens (primary N) is 1. The third kappa shape index (κ3) is 7.44. The van der Waals surface area contributed by atoms with Gasteiger partial charge in [-0.05, 0) is 111 Å². The van der Waals surface area contributed by atoms with Gasteiger partial charge in [0.25, 0.3) is 0 Å². The molecule has 0 saturated carbocycles. The molecule has 2 fully saturated rings. The van der Waals surface area contributed by atoms with Crippen molar-refractivity contribution in [3.63, 3.8) is 0 Å². The van der Waals surface area contributed by atoms with Crippen LogP contribution in [0.2, 0.25) is 0 Å². The topological polar surface area (TPSA) is 92.2 Å². The van der Waals surface area contributed by atoms with Crippen molar-refractivity contribution >= 4 is 34.6 Å². The molecule has 0 bridgehead atoms. The predicted molar refractivity (Wildman–Crippen MR) is 184 cm³/mol. The Morgan fingerprint density at radius 2 is 1.60 bits per heavy atom. The van der Waals surface area contributed by atoms with Crippen LogP contribution in [0.5, 0.6) is 0 Å². The molecule has 2 heterocycles. The summed E-state index contributed by atoms with van der Waals surface area (Å²) >= 11 is 0. The molecule has 5 N–H and O–H groups in total. The molecular weight excluding hydrogens is 528 g/mol. The molecule has 0 amide bonds. The van der Waals surface area contributed by atoms with Gasteiger partial charge in [0.1, 0.15) is 5.84 Å². The third-order valence-electron chi connectivity index (χ3n) is 9.28. The molecule has 0 aromatic heterocycles. The van der Waals surface area contributed by atoms with Crippen LogP contribution < -0.4 is 16.0 Å². The number of allylic oxidation sites excluding steroid dienone is 1. The SMILES string of the molecule is C=Cc1cc(NCC2CCN(C3CCN(c4ccc(/C(=C/C(=N)c5ccccc5C)C(=N)N)cc4)CC3)CC2)ccc1C. The highest BCUT2D eigenvalue weighted by Crippen LogP contribution is 2.28. The highest BCUT2D eigenvalue weighted by molar-refractivity contribution is 6.27. The molecule has 2 aliphatic rings. The summed E-state index contributed by atoms with van der Waals surface area (Å²) in [5.74, 6) is 0.696. The minimum Gasteiger partial charge on any atom is -0.385 e. The predicted octanol–water partition coefficient (Wildman–Crippen LogP) is 7.13. The van der Waals surface area contributed by atoms with Gasteiger partial charge in [-0.3, -0.25) is 5.41 Å². The molecule has 0 radical (unpaired) electrons. The van der Waals surface area contributed by atoms with E-state index in [1.54, 1.807) is 6.08 Å². The number of amidine groups is 1. The summed E-state index contributed by atoms with van der Waals surface area (Å²) in [7, 11) is 0. The smallest absolute Gasteiger partial charge is 0.123 e. The van der Waals surface area contributed by atoms with Gasteiger partial charge < -0.3 is 26.3 Å². The van der Waals surface area contributed by atoms with Crippen LogP contribution in [-0.4, -0.2) is 55.2 Å². The van der Waals surface area contributed by atoms with E-state index in [4.69, 9.17) is 16.6 Å². The van der Waals surface area contributed by atoms with Crippen LogP contribution in [0.15, 0.2) is 79.4 Å². The number of nitrogens with zero attached hydrogens (tertiary/aromatic N) is 2. The first-order chi connectivity index (χ1) is 20.8. The van der Waals surface area contributed by atoms with Crippen LogP contribution in [-0.2, 0) is 0 Å². The zero-order valence-corrected chi connectivity index (χ0v) is 25.7. The second-order valence-corrected chi connectivity index (χ2v) is 12.1. The van der Waals surface area contributed by atoms with E-state index < -0.39 is 0 Å². The van der Waals surface area contributed by atoms with Crippen molar-refractivity contribution in [3.05, 3.63) is 107 Å². The Balaban J connectivity index is 1.11. The highest BCUT2D eigenvalue weighted by Gasteiger charge is 2.28. The van der Waals surface area contributed by atoms with Crippen molar-refractivity contribution in [2.24, 2.45) is 11.7 Å². The van der Waals surface area contributed by atoms with Crippen LogP contribution >= 0.6 is 0 Å². The summed E-state index contributed by atoms with van der Waals surface area (Å²) in [6, 6.07) is 23.4. The van der Waals surface area contributed by atoms with E-state index in [0.29, 0.717) is 17.3 Å². The van der Waals surface area contributed by atoms with E-state index in [1.807, 2.05) is 49.4 Å². The molecule has 6 nitrogen and oxygen atoms in total. The lowest BCUT2D eigenvalue weighted by atomic mass is 9.93. The number of anilines is 2. The lowest BCUT2D eigenvalue weighted by Crippen LogP contribution is -2.48. The summed E-state index contributed by atoms with van der Waals surface area (Å²) in [6.07, 6.45) is 8.52. The molecule has 0 aliphatic carbocycles. The van der Waals surface area contributed by atoms with Crippen LogP contribution in [0.1, 0.15) is 53.5 Å². The zero-order valence-electron chi connectivity index (χ0n) is 25.7. The number of rotatable bonds is 10. The molecule has 0 unspecified atom stereocenters. The normalized spacial score (nSPS) is 17.1. The Bertz CT molecular complexity index is 1470. The Kier molecular flexibility index (Phi) is 9.78. The molecule has 3 aromatic carbocycles. The van der Waals surface area contributed by atoms with Gasteiger partial charge in [-0.2, -0.15) is 0 Å². The minimum atomic E-state index is -0.0246. The van der Waals surface area contributed by atoms with Crippen molar-refractivity contribution in [2.45, 2.75) is 45.6 Å². The first kappa shape index (κ1) is 30.3. The van der Waals surface area contributed by atoms with E-state index in [9.17, 15) is 0 Å². The maximum absolute atomic E-state index is 8.59. The Labute approximate surface area is 257 Å². The van der Waals surface area contributed by atoms with Gasteiger partial charge in [0.05, 0.1) is 5.71 Å². The van der Waals surface area contributed by atoms with E-state index in [2.05, 4.69) is 59.0 Å². The number of aryl methyl sites for hydroxylation is 2. The quantitative estimate of drug-likeness (QED) is 0.153. The summed E-state index contributed by atoms with van der Waals surface area (Å²) < 4.78 is 0. The van der Waals surface area contributed by atoms with Crippen molar-refractivity contribution < 1.29 is 0 Å². The molecule has 3 aromatic rings. The molecule has 6 heteroatoms. The standard InChI is InChI=1S/C37H46N6/c1-4-29-23-31(12-9-26(29)2)41-25-28-15-19-42(20-16-28)33-17-21-43(22-18-33)32-13-10-30(11-14-32)35(37(39)40)24-36(38)34-8-6-5-7-27(34)3/h4-14,23-24,28,33,38,41H,1,15-22,25H2,2-3H3,(H3,39,40)/b35-24-,38-36?. The minimum absolute atomic E-state index is 0.0246. The van der Waals surface area contributed by atoms with Gasteiger partial charge in [-0.15, -0.1) is 0 Å². The van der Waals surface area contributed by atoms with Crippen molar-refractivity contribution in [1.82, 2.24) is 4.90 Å². The Morgan fingerprint density at radius 1 is 0.907 bits per heavy atom. The summed E-state index contributed by atoms with van der Waals surface area (Å²) in [5.41, 5.74) is 14.5. The first-order valence-electron chi connectivity index (χ1n) is 15.6. The van der Waals surface area contributed by atoms with Crippen LogP contribution in [0.25, 0.3) is 11.6 Å². The zero-order chi connectivity index (χ0) is 30.3. The van der Waals surface area contributed by atoms with E-state index in [1.165, 1.54) is 61.3 Å². The van der Waals surface area contributed by atoms with Gasteiger partial charge in [-0.25, -0.2) is 0 Å². The van der Waals surface area contributed by atoms with Gasteiger partial charge in [-0.1, -0.05) is 55.1 Å². The summed E-state index contributed by atoms with van der Waals surface area (Å²) in [6.45, 7) is 13.6. The fourth-order valence-corrected chi connectivity index (χ4v) is 6.51. The molecule has 5 rings (SSSR count). The molecule has 0 spiro atoms. The fraction of sp³-hybridized carbons (Fsp3) is 0.351. The first-order valence-corrected chi connectivity index (χ1v) is 15.6. The average molecular weight is 575 g/mol. The fourth-order valence-electron chi connectivity index (χ4n) is 6.51. The van der Waals surface area contributed by atoms with E-state index in [-0.39, 0.29) is 5.84 Å². The number of piperidine rings is 2. The van der Waals surface area contributed by atoms with Gasteiger partial charge in [0, 0.05) is 48.2 Å². The Hall–Kier alpha value is -4.16. The molecule has 43 heavy (non-hydrogen) atoms. The lowest BCUT2D eigenvalue weighted by molar-refractivity contribution is 0.118. The van der Waals surface area contributed by atoms with Crippen LogP contribution in [0.4, 0.5) is 11.4 Å². The van der Waals surface area contributed by atoms with Crippen molar-refractivity contribution in [1.29, 1.82) is 10.8 Å². The van der Waals surface area contributed by atoms with Gasteiger partial charge in [0.15, 0.2) is 0 Å². The number of nitrogens with one attached hydrogen (secondary N) is 3.